The van der Waals surface area contributed by atoms with Gasteiger partial charge in [0, 0.05) is 10.6 Å². The quantitative estimate of drug-likeness (QED) is 0.732. The van der Waals surface area contributed by atoms with Crippen molar-refractivity contribution in [2.75, 3.05) is 0 Å². The number of hydrogen-bond donors (Lipinski definition) is 0. The minimum Gasteiger partial charge on any atom is -0.207 e. The van der Waals surface area contributed by atoms with Gasteiger partial charge in [0.1, 0.15) is 5.82 Å². The molecule has 17 heavy (non-hydrogen) atoms. The highest BCUT2D eigenvalue weighted by atomic mass is 35.5. The smallest absolute Gasteiger partial charge is 0.129 e. The minimum absolute atomic E-state index is 0.321. The van der Waals surface area contributed by atoms with Crippen LogP contribution in [0, 0.1) is 22.6 Å². The summed E-state index contributed by atoms with van der Waals surface area (Å²) in [5.74, 6) is -0.340. The Balaban J connectivity index is 2.00. The molecule has 0 atom stereocenters. The molecule has 0 N–H and O–H groups in total. The van der Waals surface area contributed by atoms with E-state index in [0.717, 1.165) is 12.8 Å². The van der Waals surface area contributed by atoms with Crippen LogP contribution < -0.4 is 0 Å². The fraction of sp³-hybridized carbons (Fsp3) is 0.500. The molecule has 3 rings (SSSR count). The molecule has 1 nitrogen and oxygen atoms in total. The van der Waals surface area contributed by atoms with E-state index in [1.54, 1.807) is 12.1 Å². The second kappa shape index (κ2) is 3.46. The summed E-state index contributed by atoms with van der Waals surface area (Å²) in [5, 5.41) is 9.80. The van der Waals surface area contributed by atoms with Crippen LogP contribution in [0.15, 0.2) is 18.2 Å². The fourth-order valence-electron chi connectivity index (χ4n) is 3.53. The number of halogens is 2. The molecular weight excluding hydrogens is 237 g/mol. The molecule has 1 spiro atoms. The first-order valence-electron chi connectivity index (χ1n) is 5.97. The van der Waals surface area contributed by atoms with E-state index in [-0.39, 0.29) is 5.82 Å². The van der Waals surface area contributed by atoms with Gasteiger partial charge in [-0.05, 0) is 43.2 Å². The van der Waals surface area contributed by atoms with Gasteiger partial charge in [-0.3, -0.25) is 0 Å². The van der Waals surface area contributed by atoms with Gasteiger partial charge in [-0.2, -0.15) is 5.26 Å². The van der Waals surface area contributed by atoms with E-state index in [2.05, 4.69) is 6.07 Å². The van der Waals surface area contributed by atoms with Crippen molar-refractivity contribution in [3.8, 4) is 6.07 Å². The molecular formula is C14H13ClFN. The van der Waals surface area contributed by atoms with E-state index in [1.165, 1.54) is 25.3 Å². The highest BCUT2D eigenvalue weighted by molar-refractivity contribution is 6.31. The van der Waals surface area contributed by atoms with E-state index < -0.39 is 5.41 Å². The van der Waals surface area contributed by atoms with Crippen LogP contribution in [0.4, 0.5) is 4.39 Å². The van der Waals surface area contributed by atoms with Gasteiger partial charge in [-0.1, -0.05) is 24.1 Å². The Hall–Kier alpha value is -1.07. The first kappa shape index (κ1) is 11.0. The second-order valence-corrected chi connectivity index (χ2v) is 5.90. The lowest BCUT2D eigenvalue weighted by Gasteiger charge is -2.58. The molecule has 2 aliphatic rings. The van der Waals surface area contributed by atoms with Crippen LogP contribution in [-0.2, 0) is 5.41 Å². The number of rotatable bonds is 1. The molecule has 1 aromatic carbocycles. The van der Waals surface area contributed by atoms with Crippen LogP contribution in [0.1, 0.15) is 37.7 Å². The van der Waals surface area contributed by atoms with Gasteiger partial charge in [0.05, 0.1) is 11.5 Å². The Morgan fingerprint density at radius 2 is 2.00 bits per heavy atom. The van der Waals surface area contributed by atoms with Crippen molar-refractivity contribution in [3.63, 3.8) is 0 Å². The molecule has 0 unspecified atom stereocenters. The molecule has 2 fully saturated rings. The Bertz CT molecular complexity index is 485. The van der Waals surface area contributed by atoms with Crippen molar-refractivity contribution >= 4 is 11.6 Å². The summed E-state index contributed by atoms with van der Waals surface area (Å²) in [4.78, 5) is 0. The number of hydrogen-bond acceptors (Lipinski definition) is 1. The predicted octanol–water partition coefficient (Wildman–Crippen LogP) is 4.20. The molecule has 0 bridgehead atoms. The predicted molar refractivity (Wildman–Crippen MR) is 64.2 cm³/mol. The van der Waals surface area contributed by atoms with E-state index in [0.29, 0.717) is 16.0 Å². The lowest BCUT2D eigenvalue weighted by molar-refractivity contribution is -0.0239. The highest BCUT2D eigenvalue weighted by Gasteiger charge is 2.59. The van der Waals surface area contributed by atoms with Gasteiger partial charge in [-0.15, -0.1) is 0 Å². The summed E-state index contributed by atoms with van der Waals surface area (Å²) in [6.45, 7) is 0. The first-order valence-corrected chi connectivity index (χ1v) is 6.34. The minimum atomic E-state index is -0.678. The van der Waals surface area contributed by atoms with Gasteiger partial charge < -0.3 is 0 Å². The fourth-order valence-corrected chi connectivity index (χ4v) is 3.87. The molecule has 2 aliphatic carbocycles. The maximum Gasteiger partial charge on any atom is 0.129 e. The molecule has 0 amide bonds. The summed E-state index contributed by atoms with van der Waals surface area (Å²) in [6, 6.07) is 6.97. The zero-order chi connectivity index (χ0) is 12.1. The topological polar surface area (TPSA) is 23.8 Å². The highest BCUT2D eigenvalue weighted by Crippen LogP contribution is 2.65. The normalized spacial score (nSPS) is 23.6. The van der Waals surface area contributed by atoms with Gasteiger partial charge in [-0.25, -0.2) is 4.39 Å². The van der Waals surface area contributed by atoms with Gasteiger partial charge >= 0.3 is 0 Å². The van der Waals surface area contributed by atoms with Crippen LogP contribution in [0.25, 0.3) is 0 Å². The van der Waals surface area contributed by atoms with Crippen LogP contribution >= 0.6 is 11.6 Å². The zero-order valence-electron chi connectivity index (χ0n) is 9.47. The van der Waals surface area contributed by atoms with E-state index >= 15 is 0 Å². The van der Waals surface area contributed by atoms with Crippen molar-refractivity contribution in [2.24, 2.45) is 5.41 Å². The Kier molecular flexibility index (Phi) is 2.25. The molecule has 0 radical (unpaired) electrons. The summed E-state index contributed by atoms with van der Waals surface area (Å²) < 4.78 is 13.9. The number of nitriles is 1. The van der Waals surface area contributed by atoms with E-state index in [1.807, 2.05) is 0 Å². The summed E-state index contributed by atoms with van der Waals surface area (Å²) in [5.41, 5.74) is 0.0613. The summed E-state index contributed by atoms with van der Waals surface area (Å²) in [6.07, 6.45) is 5.16. The van der Waals surface area contributed by atoms with Crippen LogP contribution in [-0.4, -0.2) is 0 Å². The molecule has 0 aromatic heterocycles. The standard InChI is InChI=1S/C14H13ClFN/c15-10-3-1-4-11(16)12(10)14(9-17)7-13(8-14)5-2-6-13/h1,3-4H,2,5-8H2. The lowest BCUT2D eigenvalue weighted by atomic mass is 9.44. The molecule has 1 aromatic rings. The van der Waals surface area contributed by atoms with Crippen molar-refractivity contribution in [1.82, 2.24) is 0 Å². The van der Waals surface area contributed by atoms with Gasteiger partial charge in [0.15, 0.2) is 0 Å². The zero-order valence-corrected chi connectivity index (χ0v) is 10.2. The molecule has 0 saturated heterocycles. The number of benzene rings is 1. The first-order chi connectivity index (χ1) is 8.11. The maximum absolute atomic E-state index is 13.9. The number of nitrogens with zero attached hydrogens (tertiary/aromatic N) is 1. The third-order valence-corrected chi connectivity index (χ3v) is 4.74. The van der Waals surface area contributed by atoms with Gasteiger partial charge in [0.25, 0.3) is 0 Å². The summed E-state index contributed by atoms with van der Waals surface area (Å²) in [7, 11) is 0. The van der Waals surface area contributed by atoms with E-state index in [4.69, 9.17) is 11.6 Å². The van der Waals surface area contributed by atoms with E-state index in [9.17, 15) is 9.65 Å². The second-order valence-electron chi connectivity index (χ2n) is 5.50. The molecule has 0 heterocycles. The summed E-state index contributed by atoms with van der Waals surface area (Å²) >= 11 is 6.07. The largest absolute Gasteiger partial charge is 0.207 e. The third-order valence-electron chi connectivity index (χ3n) is 4.42. The Morgan fingerprint density at radius 3 is 2.47 bits per heavy atom. The van der Waals surface area contributed by atoms with Crippen LogP contribution in [0.2, 0.25) is 5.02 Å². The average Bonchev–Trinajstić information content (AvgIpc) is 2.18. The van der Waals surface area contributed by atoms with Crippen molar-refractivity contribution in [1.29, 1.82) is 5.26 Å². The van der Waals surface area contributed by atoms with Crippen molar-refractivity contribution < 1.29 is 4.39 Å². The third kappa shape index (κ3) is 1.42. The Labute approximate surface area is 105 Å². The van der Waals surface area contributed by atoms with Gasteiger partial charge in [0.2, 0.25) is 0 Å². The van der Waals surface area contributed by atoms with Crippen LogP contribution in [0.3, 0.4) is 0 Å². The van der Waals surface area contributed by atoms with Crippen molar-refractivity contribution in [2.45, 2.75) is 37.5 Å². The SMILES string of the molecule is N#CC1(c2c(F)cccc2Cl)CC2(CCC2)C1. The molecule has 0 aliphatic heterocycles. The molecule has 88 valence electrons. The van der Waals surface area contributed by atoms with Crippen molar-refractivity contribution in [3.05, 3.63) is 34.6 Å². The Morgan fingerprint density at radius 1 is 1.29 bits per heavy atom. The maximum atomic E-state index is 13.9. The monoisotopic (exact) mass is 249 g/mol. The lowest BCUT2D eigenvalue weighted by Crippen LogP contribution is -2.52. The van der Waals surface area contributed by atoms with Crippen LogP contribution in [0.5, 0.6) is 0 Å². The molecule has 2 saturated carbocycles. The molecule has 3 heteroatoms. The average molecular weight is 250 g/mol.